The van der Waals surface area contributed by atoms with E-state index in [1.807, 2.05) is 57.2 Å². The fourth-order valence-electron chi connectivity index (χ4n) is 3.96. The summed E-state index contributed by atoms with van der Waals surface area (Å²) in [5.41, 5.74) is 2.15. The number of aryl methyl sites for hydroxylation is 1. The van der Waals surface area contributed by atoms with Gasteiger partial charge >= 0.3 is 0 Å². The summed E-state index contributed by atoms with van der Waals surface area (Å²) in [7, 11) is 0. The zero-order chi connectivity index (χ0) is 25.6. The maximum atomic E-state index is 13.5. The fourth-order valence-corrected chi connectivity index (χ4v) is 3.96. The minimum atomic E-state index is -0.482. The molecule has 0 aliphatic rings. The van der Waals surface area contributed by atoms with Gasteiger partial charge in [0, 0.05) is 19.5 Å². The van der Waals surface area contributed by atoms with Crippen molar-refractivity contribution in [2.75, 3.05) is 26.3 Å². The molecule has 2 aromatic rings. The normalized spacial score (nSPS) is 11.7. The Balaban J connectivity index is 2.15. The van der Waals surface area contributed by atoms with Crippen molar-refractivity contribution in [2.45, 2.75) is 66.3 Å². The van der Waals surface area contributed by atoms with Crippen molar-refractivity contribution in [2.24, 2.45) is 5.92 Å². The second-order valence-electron chi connectivity index (χ2n) is 9.03. The monoisotopic (exact) mass is 482 g/mol. The fraction of sp³-hybridized carbons (Fsp3) is 0.517. The van der Waals surface area contributed by atoms with Gasteiger partial charge < -0.3 is 19.7 Å². The van der Waals surface area contributed by atoms with Crippen LogP contribution in [0.1, 0.15) is 58.6 Å². The molecular formula is C29H42N2O4. The molecule has 0 heterocycles. The summed E-state index contributed by atoms with van der Waals surface area (Å²) in [6, 6.07) is 15.4. The molecule has 2 aromatic carbocycles. The van der Waals surface area contributed by atoms with Crippen LogP contribution in [0.3, 0.4) is 0 Å². The summed E-state index contributed by atoms with van der Waals surface area (Å²) in [6.07, 6.45) is 2.17. The molecule has 2 rings (SSSR count). The van der Waals surface area contributed by atoms with Gasteiger partial charge in [0.25, 0.3) is 0 Å². The van der Waals surface area contributed by atoms with E-state index in [1.54, 1.807) is 4.90 Å². The largest absolute Gasteiger partial charge is 0.490 e. The van der Waals surface area contributed by atoms with E-state index < -0.39 is 6.04 Å². The van der Waals surface area contributed by atoms with Crippen LogP contribution in [-0.4, -0.2) is 49.1 Å². The van der Waals surface area contributed by atoms with Gasteiger partial charge in [0.1, 0.15) is 6.04 Å². The number of rotatable bonds is 15. The average molecular weight is 483 g/mol. The number of carbonyl (C=O) groups is 2. The molecule has 35 heavy (non-hydrogen) atoms. The molecule has 2 amide bonds. The molecule has 0 saturated heterocycles. The first-order valence-corrected chi connectivity index (χ1v) is 12.9. The number of ether oxygens (including phenoxy) is 2. The first-order chi connectivity index (χ1) is 16.9. The van der Waals surface area contributed by atoms with Crippen LogP contribution in [0.15, 0.2) is 48.5 Å². The van der Waals surface area contributed by atoms with Crippen LogP contribution < -0.4 is 14.8 Å². The summed E-state index contributed by atoms with van der Waals surface area (Å²) in [4.78, 5) is 28.2. The summed E-state index contributed by atoms with van der Waals surface area (Å²) in [5, 5.41) is 3.02. The van der Waals surface area contributed by atoms with Gasteiger partial charge in [0.05, 0.1) is 13.2 Å². The maximum Gasteiger partial charge on any atom is 0.242 e. The third kappa shape index (κ3) is 9.27. The van der Waals surface area contributed by atoms with Crippen molar-refractivity contribution in [1.29, 1.82) is 0 Å². The van der Waals surface area contributed by atoms with Gasteiger partial charge in [0.15, 0.2) is 11.5 Å². The van der Waals surface area contributed by atoms with E-state index in [4.69, 9.17) is 9.47 Å². The number of hydrogen-bond acceptors (Lipinski definition) is 4. The highest BCUT2D eigenvalue weighted by atomic mass is 16.5. The molecular weight excluding hydrogens is 440 g/mol. The van der Waals surface area contributed by atoms with Crippen molar-refractivity contribution >= 4 is 11.8 Å². The summed E-state index contributed by atoms with van der Waals surface area (Å²) in [6.45, 7) is 12.2. The van der Waals surface area contributed by atoms with Crippen LogP contribution in [0.2, 0.25) is 0 Å². The number of amides is 2. The Bertz CT molecular complexity index is 914. The first kappa shape index (κ1) is 28.2. The van der Waals surface area contributed by atoms with Gasteiger partial charge in [-0.2, -0.15) is 0 Å². The van der Waals surface area contributed by atoms with Gasteiger partial charge in [-0.05, 0) is 62.3 Å². The van der Waals surface area contributed by atoms with Crippen LogP contribution in [-0.2, 0) is 22.4 Å². The van der Waals surface area contributed by atoms with E-state index in [2.05, 4.69) is 31.3 Å². The first-order valence-electron chi connectivity index (χ1n) is 12.9. The highest BCUT2D eigenvalue weighted by Gasteiger charge is 2.28. The van der Waals surface area contributed by atoms with Crippen LogP contribution in [0, 0.1) is 5.92 Å². The number of carbonyl (C=O) groups excluding carboxylic acids is 2. The lowest BCUT2D eigenvalue weighted by Crippen LogP contribution is -2.50. The molecule has 0 aliphatic carbocycles. The van der Waals surface area contributed by atoms with E-state index in [0.717, 1.165) is 11.1 Å². The molecule has 0 aromatic heterocycles. The van der Waals surface area contributed by atoms with E-state index in [-0.39, 0.29) is 11.8 Å². The maximum absolute atomic E-state index is 13.5. The lowest BCUT2D eigenvalue weighted by molar-refractivity contribution is -0.140. The molecule has 1 atom stereocenters. The Morgan fingerprint density at radius 3 is 2.20 bits per heavy atom. The standard InChI is InChI=1S/C29H42N2O4/c1-6-25(29(33)30-21-22(4)5)31(19-18-23-12-10-9-11-13-23)28(32)17-15-24-14-16-26(34-7-2)27(20-24)35-8-3/h9-14,16,20,22,25H,6-8,15,17-19,21H2,1-5H3,(H,30,33)/t25-/m1/s1. The van der Waals surface area contributed by atoms with Crippen molar-refractivity contribution in [3.8, 4) is 11.5 Å². The lowest BCUT2D eigenvalue weighted by Gasteiger charge is -2.31. The SMILES string of the molecule is CCOc1ccc(CCC(=O)N(CCc2ccccc2)[C@H](CC)C(=O)NCC(C)C)cc1OCC. The number of benzene rings is 2. The molecule has 6 nitrogen and oxygen atoms in total. The zero-order valence-corrected chi connectivity index (χ0v) is 22.0. The summed E-state index contributed by atoms with van der Waals surface area (Å²) < 4.78 is 11.4. The van der Waals surface area contributed by atoms with E-state index in [9.17, 15) is 9.59 Å². The van der Waals surface area contributed by atoms with E-state index >= 15 is 0 Å². The molecule has 0 unspecified atom stereocenters. The molecule has 0 fully saturated rings. The zero-order valence-electron chi connectivity index (χ0n) is 22.0. The number of hydrogen-bond donors (Lipinski definition) is 1. The van der Waals surface area contributed by atoms with Gasteiger partial charge in [0.2, 0.25) is 11.8 Å². The van der Waals surface area contributed by atoms with Gasteiger partial charge in [-0.25, -0.2) is 0 Å². The minimum absolute atomic E-state index is 0.0145. The molecule has 0 radical (unpaired) electrons. The molecule has 0 aliphatic heterocycles. The predicted molar refractivity (Wildman–Crippen MR) is 141 cm³/mol. The average Bonchev–Trinajstić information content (AvgIpc) is 2.85. The topological polar surface area (TPSA) is 67.9 Å². The Hall–Kier alpha value is -3.02. The Morgan fingerprint density at radius 2 is 1.57 bits per heavy atom. The predicted octanol–water partition coefficient (Wildman–Crippen LogP) is 5.04. The molecule has 1 N–H and O–H groups in total. The Morgan fingerprint density at radius 1 is 0.886 bits per heavy atom. The van der Waals surface area contributed by atoms with Crippen LogP contribution >= 0.6 is 0 Å². The molecule has 0 bridgehead atoms. The number of nitrogens with one attached hydrogen (secondary N) is 1. The second kappa shape index (κ2) is 15.1. The van der Waals surface area contributed by atoms with E-state index in [1.165, 1.54) is 0 Å². The van der Waals surface area contributed by atoms with Gasteiger partial charge in [-0.3, -0.25) is 9.59 Å². The minimum Gasteiger partial charge on any atom is -0.490 e. The highest BCUT2D eigenvalue weighted by Crippen LogP contribution is 2.29. The van der Waals surface area contributed by atoms with Crippen LogP contribution in [0.5, 0.6) is 11.5 Å². The van der Waals surface area contributed by atoms with E-state index in [0.29, 0.717) is 69.4 Å². The lowest BCUT2D eigenvalue weighted by atomic mass is 10.1. The number of nitrogens with zero attached hydrogens (tertiary/aromatic N) is 1. The molecule has 0 spiro atoms. The van der Waals surface area contributed by atoms with Crippen molar-refractivity contribution in [1.82, 2.24) is 10.2 Å². The van der Waals surface area contributed by atoms with Gasteiger partial charge in [-0.15, -0.1) is 0 Å². The van der Waals surface area contributed by atoms with Crippen LogP contribution in [0.4, 0.5) is 0 Å². The van der Waals surface area contributed by atoms with Gasteiger partial charge in [-0.1, -0.05) is 57.2 Å². The summed E-state index contributed by atoms with van der Waals surface area (Å²) >= 11 is 0. The van der Waals surface area contributed by atoms with Crippen LogP contribution in [0.25, 0.3) is 0 Å². The molecule has 192 valence electrons. The van der Waals surface area contributed by atoms with Crippen molar-refractivity contribution in [3.05, 3.63) is 59.7 Å². The summed E-state index contributed by atoms with van der Waals surface area (Å²) in [5.74, 6) is 1.66. The quantitative estimate of drug-likeness (QED) is 0.386. The highest BCUT2D eigenvalue weighted by molar-refractivity contribution is 5.87. The van der Waals surface area contributed by atoms with Crippen molar-refractivity contribution < 1.29 is 19.1 Å². The Labute approximate surface area is 211 Å². The second-order valence-corrected chi connectivity index (χ2v) is 9.03. The van der Waals surface area contributed by atoms with Crippen molar-refractivity contribution in [3.63, 3.8) is 0 Å². The third-order valence-corrected chi connectivity index (χ3v) is 5.79. The smallest absolute Gasteiger partial charge is 0.242 e. The molecule has 6 heteroatoms. The Kier molecular flexibility index (Phi) is 12.2. The third-order valence-electron chi connectivity index (χ3n) is 5.79. The molecule has 0 saturated carbocycles.